The third kappa shape index (κ3) is 3.47. The van der Waals surface area contributed by atoms with Gasteiger partial charge in [0.2, 0.25) is 5.89 Å². The first kappa shape index (κ1) is 16.0. The molecule has 0 aliphatic heterocycles. The zero-order chi connectivity index (χ0) is 15.7. The highest BCUT2D eigenvalue weighted by Gasteiger charge is 2.40. The van der Waals surface area contributed by atoms with E-state index in [2.05, 4.69) is 29.2 Å². The molecule has 114 valence electrons. The lowest BCUT2D eigenvalue weighted by Gasteiger charge is -2.34. The molecule has 0 saturated carbocycles. The summed E-state index contributed by atoms with van der Waals surface area (Å²) in [5, 5.41) is 4.08. The highest BCUT2D eigenvalue weighted by Crippen LogP contribution is 2.32. The maximum atomic E-state index is 6.21. The molecule has 0 aliphatic carbocycles. The maximum Gasteiger partial charge on any atom is 0.234 e. The van der Waals surface area contributed by atoms with Crippen LogP contribution in [0.4, 0.5) is 0 Å². The third-order valence-corrected chi connectivity index (χ3v) is 5.24. The van der Waals surface area contributed by atoms with Gasteiger partial charge < -0.3 is 10.3 Å². The fraction of sp³-hybridized carbons (Fsp3) is 0.500. The Morgan fingerprint density at radius 1 is 1.19 bits per heavy atom. The van der Waals surface area contributed by atoms with Crippen molar-refractivity contribution in [2.75, 3.05) is 0 Å². The van der Waals surface area contributed by atoms with Crippen LogP contribution in [0.1, 0.15) is 45.0 Å². The van der Waals surface area contributed by atoms with E-state index in [1.165, 1.54) is 10.5 Å². The molecule has 5 heteroatoms. The Morgan fingerprint density at radius 2 is 1.86 bits per heavy atom. The predicted molar refractivity (Wildman–Crippen MR) is 86.3 cm³/mol. The van der Waals surface area contributed by atoms with E-state index in [-0.39, 0.29) is 5.41 Å². The molecule has 0 saturated heterocycles. The number of benzene rings is 1. The lowest BCUT2D eigenvalue weighted by atomic mass is 9.75. The number of nitrogens with two attached hydrogens (primary N) is 1. The van der Waals surface area contributed by atoms with Gasteiger partial charge in [-0.05, 0) is 46.2 Å². The van der Waals surface area contributed by atoms with Crippen LogP contribution in [0.25, 0.3) is 0 Å². The van der Waals surface area contributed by atoms with Gasteiger partial charge in [-0.2, -0.15) is 4.98 Å². The summed E-state index contributed by atoms with van der Waals surface area (Å²) in [6.07, 6.45) is 0. The van der Waals surface area contributed by atoms with E-state index in [9.17, 15) is 0 Å². The third-order valence-electron chi connectivity index (χ3n) is 4.06. The summed E-state index contributed by atoms with van der Waals surface area (Å²) in [5.41, 5.74) is 6.67. The van der Waals surface area contributed by atoms with Crippen LogP contribution in [-0.4, -0.2) is 15.7 Å². The van der Waals surface area contributed by atoms with Crippen molar-refractivity contribution in [3.63, 3.8) is 0 Å². The normalized spacial score (nSPS) is 12.7. The minimum Gasteiger partial charge on any atom is -0.339 e. The molecular weight excluding hydrogens is 282 g/mol. The number of thioether (sulfide) groups is 1. The second-order valence-electron chi connectivity index (χ2n) is 6.42. The minimum absolute atomic E-state index is 0.369. The Morgan fingerprint density at radius 3 is 2.48 bits per heavy atom. The van der Waals surface area contributed by atoms with E-state index in [0.717, 1.165) is 0 Å². The molecule has 1 aromatic carbocycles. The second kappa shape index (κ2) is 5.81. The standard InChI is InChI=1S/C16H23N3OS/c1-11-8-6-7-9-12(11)21-10-13-18-14(20-19-13)15(2,3)16(4,5)17/h6-9H,10,17H2,1-5H3. The van der Waals surface area contributed by atoms with Crippen LogP contribution in [0.3, 0.4) is 0 Å². The van der Waals surface area contributed by atoms with Gasteiger partial charge in [0, 0.05) is 10.4 Å². The van der Waals surface area contributed by atoms with E-state index in [4.69, 9.17) is 10.3 Å². The minimum atomic E-state index is -0.431. The summed E-state index contributed by atoms with van der Waals surface area (Å²) in [4.78, 5) is 5.75. The quantitative estimate of drug-likeness (QED) is 0.854. The van der Waals surface area contributed by atoms with Gasteiger partial charge in [0.1, 0.15) is 0 Å². The highest BCUT2D eigenvalue weighted by atomic mass is 32.2. The average Bonchev–Trinajstić information content (AvgIpc) is 2.86. The molecular formula is C16H23N3OS. The lowest BCUT2D eigenvalue weighted by Crippen LogP contribution is -2.50. The van der Waals surface area contributed by atoms with Crippen LogP contribution in [0.2, 0.25) is 0 Å². The molecule has 1 heterocycles. The van der Waals surface area contributed by atoms with Crippen molar-refractivity contribution in [3.8, 4) is 0 Å². The molecule has 4 nitrogen and oxygen atoms in total. The molecule has 2 aromatic rings. The molecule has 1 aromatic heterocycles. The van der Waals surface area contributed by atoms with Gasteiger partial charge in [-0.25, -0.2) is 0 Å². The summed E-state index contributed by atoms with van der Waals surface area (Å²) in [5.74, 6) is 1.99. The number of hydrogen-bond acceptors (Lipinski definition) is 5. The summed E-state index contributed by atoms with van der Waals surface area (Å²) in [7, 11) is 0. The largest absolute Gasteiger partial charge is 0.339 e. The molecule has 0 atom stereocenters. The van der Waals surface area contributed by atoms with Crippen molar-refractivity contribution in [1.29, 1.82) is 0 Å². The smallest absolute Gasteiger partial charge is 0.234 e. The fourth-order valence-corrected chi connectivity index (χ4v) is 2.58. The van der Waals surface area contributed by atoms with E-state index in [1.807, 2.05) is 39.8 Å². The second-order valence-corrected chi connectivity index (χ2v) is 7.43. The molecule has 0 amide bonds. The first-order valence-electron chi connectivity index (χ1n) is 7.02. The van der Waals surface area contributed by atoms with Crippen molar-refractivity contribution in [2.45, 2.75) is 56.2 Å². The van der Waals surface area contributed by atoms with Gasteiger partial charge >= 0.3 is 0 Å². The fourth-order valence-electron chi connectivity index (χ4n) is 1.70. The average molecular weight is 305 g/mol. The summed E-state index contributed by atoms with van der Waals surface area (Å²) >= 11 is 1.72. The first-order chi connectivity index (χ1) is 9.72. The van der Waals surface area contributed by atoms with E-state index < -0.39 is 5.54 Å². The topological polar surface area (TPSA) is 64.9 Å². The van der Waals surface area contributed by atoms with Crippen LogP contribution in [-0.2, 0) is 11.2 Å². The number of rotatable bonds is 5. The van der Waals surface area contributed by atoms with Gasteiger partial charge in [-0.1, -0.05) is 23.4 Å². The Hall–Kier alpha value is -1.33. The monoisotopic (exact) mass is 305 g/mol. The van der Waals surface area contributed by atoms with E-state index >= 15 is 0 Å². The Bertz CT molecular complexity index is 614. The Balaban J connectivity index is 2.09. The van der Waals surface area contributed by atoms with Crippen LogP contribution < -0.4 is 5.73 Å². The van der Waals surface area contributed by atoms with Crippen LogP contribution >= 0.6 is 11.8 Å². The zero-order valence-electron chi connectivity index (χ0n) is 13.3. The SMILES string of the molecule is Cc1ccccc1SCc1noc(C(C)(C)C(C)(C)N)n1. The summed E-state index contributed by atoms with van der Waals surface area (Å²) in [6.45, 7) is 10.1. The number of hydrogen-bond donors (Lipinski definition) is 1. The molecule has 2 N–H and O–H groups in total. The maximum absolute atomic E-state index is 6.21. The molecule has 2 rings (SSSR count). The van der Waals surface area contributed by atoms with Crippen molar-refractivity contribution in [2.24, 2.45) is 5.73 Å². The Labute approximate surface area is 130 Å². The van der Waals surface area contributed by atoms with Crippen molar-refractivity contribution in [1.82, 2.24) is 10.1 Å². The molecule has 0 radical (unpaired) electrons. The van der Waals surface area contributed by atoms with Crippen LogP contribution in [0.5, 0.6) is 0 Å². The summed E-state index contributed by atoms with van der Waals surface area (Å²) < 4.78 is 5.42. The van der Waals surface area contributed by atoms with Gasteiger partial charge in [0.15, 0.2) is 5.82 Å². The molecule has 0 fully saturated rings. The number of aromatic nitrogens is 2. The summed E-state index contributed by atoms with van der Waals surface area (Å²) in [6, 6.07) is 8.28. The molecule has 0 aliphatic rings. The number of aryl methyl sites for hydroxylation is 1. The first-order valence-corrected chi connectivity index (χ1v) is 8.01. The van der Waals surface area contributed by atoms with Crippen LogP contribution in [0, 0.1) is 6.92 Å². The number of nitrogens with zero attached hydrogens (tertiary/aromatic N) is 2. The predicted octanol–water partition coefficient (Wildman–Crippen LogP) is 3.69. The van der Waals surface area contributed by atoms with Gasteiger partial charge in [0.25, 0.3) is 0 Å². The van der Waals surface area contributed by atoms with Gasteiger partial charge in [0.05, 0.1) is 11.2 Å². The van der Waals surface area contributed by atoms with Crippen molar-refractivity contribution in [3.05, 3.63) is 41.5 Å². The highest BCUT2D eigenvalue weighted by molar-refractivity contribution is 7.98. The lowest BCUT2D eigenvalue weighted by molar-refractivity contribution is 0.222. The van der Waals surface area contributed by atoms with E-state index in [0.29, 0.717) is 17.5 Å². The van der Waals surface area contributed by atoms with Gasteiger partial charge in [-0.15, -0.1) is 11.8 Å². The van der Waals surface area contributed by atoms with Crippen LogP contribution in [0.15, 0.2) is 33.7 Å². The molecule has 0 unspecified atom stereocenters. The van der Waals surface area contributed by atoms with Gasteiger partial charge in [-0.3, -0.25) is 0 Å². The molecule has 0 bridgehead atoms. The van der Waals surface area contributed by atoms with E-state index in [1.54, 1.807) is 11.8 Å². The zero-order valence-corrected chi connectivity index (χ0v) is 14.1. The molecule has 21 heavy (non-hydrogen) atoms. The van der Waals surface area contributed by atoms with Crippen molar-refractivity contribution >= 4 is 11.8 Å². The Kier molecular flexibility index (Phi) is 4.44. The molecule has 0 spiro atoms. The van der Waals surface area contributed by atoms with Crippen molar-refractivity contribution < 1.29 is 4.52 Å².